The molecule has 2 aromatic carbocycles. The Balaban J connectivity index is 1.89. The third-order valence-corrected chi connectivity index (χ3v) is 3.16. The van der Waals surface area contributed by atoms with Crippen molar-refractivity contribution in [3.05, 3.63) is 71.3 Å². The molecular weight excluding hydrogens is 266 g/mol. The molecule has 0 amide bonds. The van der Waals surface area contributed by atoms with Crippen molar-refractivity contribution in [2.24, 2.45) is 0 Å². The van der Waals surface area contributed by atoms with Gasteiger partial charge in [0.2, 0.25) is 0 Å². The maximum Gasteiger partial charge on any atom is 0.0407 e. The lowest BCUT2D eigenvalue weighted by molar-refractivity contribution is 1.07. The van der Waals surface area contributed by atoms with Crippen LogP contribution in [0, 0.1) is 12.3 Å². The number of hydrogen-bond donors (Lipinski definition) is 1. The van der Waals surface area contributed by atoms with Gasteiger partial charge in [-0.1, -0.05) is 53.9 Å². The van der Waals surface area contributed by atoms with Crippen LogP contribution in [0.5, 0.6) is 0 Å². The predicted octanol–water partition coefficient (Wildman–Crippen LogP) is 4.86. The van der Waals surface area contributed by atoms with E-state index in [4.69, 9.17) is 18.0 Å². The molecule has 0 aromatic heterocycles. The van der Waals surface area contributed by atoms with Gasteiger partial charge in [-0.2, -0.15) is 0 Å². The SMILES string of the molecule is C#C/C(=C\CCNc1ccc(Cl)cc1)c1ccccc1. The molecule has 0 atom stereocenters. The van der Waals surface area contributed by atoms with E-state index < -0.39 is 0 Å². The predicted molar refractivity (Wildman–Crippen MR) is 87.8 cm³/mol. The van der Waals surface area contributed by atoms with Crippen LogP contribution in [0.2, 0.25) is 5.02 Å². The fourth-order valence-corrected chi connectivity index (χ4v) is 2.00. The highest BCUT2D eigenvalue weighted by Crippen LogP contribution is 2.15. The third kappa shape index (κ3) is 4.19. The van der Waals surface area contributed by atoms with Gasteiger partial charge in [0.15, 0.2) is 0 Å². The second-order valence-corrected chi connectivity index (χ2v) is 4.79. The molecule has 100 valence electrons. The second-order valence-electron chi connectivity index (χ2n) is 4.35. The second kappa shape index (κ2) is 7.43. The van der Waals surface area contributed by atoms with Gasteiger partial charge in [-0.3, -0.25) is 0 Å². The van der Waals surface area contributed by atoms with E-state index in [1.165, 1.54) is 0 Å². The summed E-state index contributed by atoms with van der Waals surface area (Å²) in [5.41, 5.74) is 3.08. The molecule has 2 heteroatoms. The van der Waals surface area contributed by atoms with Crippen LogP contribution in [-0.2, 0) is 0 Å². The van der Waals surface area contributed by atoms with Crippen LogP contribution >= 0.6 is 11.6 Å². The first kappa shape index (κ1) is 14.2. The Hall–Kier alpha value is -2.17. The smallest absolute Gasteiger partial charge is 0.0407 e. The molecule has 20 heavy (non-hydrogen) atoms. The first-order valence-corrected chi connectivity index (χ1v) is 6.89. The van der Waals surface area contributed by atoms with Crippen molar-refractivity contribution in [2.45, 2.75) is 6.42 Å². The van der Waals surface area contributed by atoms with E-state index in [1.54, 1.807) is 0 Å². The molecule has 2 aromatic rings. The van der Waals surface area contributed by atoms with Crippen LogP contribution in [0.1, 0.15) is 12.0 Å². The van der Waals surface area contributed by atoms with Crippen molar-refractivity contribution in [3.63, 3.8) is 0 Å². The molecule has 0 radical (unpaired) electrons. The molecule has 0 aliphatic carbocycles. The summed E-state index contributed by atoms with van der Waals surface area (Å²) < 4.78 is 0. The van der Waals surface area contributed by atoms with E-state index in [0.717, 1.165) is 34.8 Å². The van der Waals surface area contributed by atoms with Crippen LogP contribution in [-0.4, -0.2) is 6.54 Å². The van der Waals surface area contributed by atoms with Crippen LogP contribution < -0.4 is 5.32 Å². The topological polar surface area (TPSA) is 12.0 Å². The molecular formula is C18H16ClN. The normalized spacial score (nSPS) is 10.9. The summed E-state index contributed by atoms with van der Waals surface area (Å²) in [6, 6.07) is 17.7. The van der Waals surface area contributed by atoms with Gasteiger partial charge in [0.05, 0.1) is 0 Å². The Labute approximate surface area is 125 Å². The number of hydrogen-bond acceptors (Lipinski definition) is 1. The highest BCUT2D eigenvalue weighted by molar-refractivity contribution is 6.30. The number of nitrogens with one attached hydrogen (secondary N) is 1. The quantitative estimate of drug-likeness (QED) is 0.610. The first-order valence-electron chi connectivity index (χ1n) is 6.51. The molecule has 0 spiro atoms. The minimum absolute atomic E-state index is 0.745. The van der Waals surface area contributed by atoms with Crippen LogP contribution in [0.25, 0.3) is 5.57 Å². The Bertz CT molecular complexity index is 606. The Morgan fingerprint density at radius 2 is 1.80 bits per heavy atom. The fraction of sp³-hybridized carbons (Fsp3) is 0.111. The lowest BCUT2D eigenvalue weighted by Gasteiger charge is -2.05. The average Bonchev–Trinajstić information content (AvgIpc) is 2.50. The summed E-state index contributed by atoms with van der Waals surface area (Å²) in [6.45, 7) is 0.833. The van der Waals surface area contributed by atoms with Gasteiger partial charge in [-0.05, 0) is 36.2 Å². The molecule has 0 aliphatic heterocycles. The Morgan fingerprint density at radius 1 is 1.10 bits per heavy atom. The zero-order valence-corrected chi connectivity index (χ0v) is 11.9. The van der Waals surface area contributed by atoms with Gasteiger partial charge >= 0.3 is 0 Å². The summed E-state index contributed by atoms with van der Waals surface area (Å²) in [6.07, 6.45) is 8.52. The number of terminal acetylenes is 1. The van der Waals surface area contributed by atoms with Gasteiger partial charge < -0.3 is 5.32 Å². The highest BCUT2D eigenvalue weighted by atomic mass is 35.5. The molecule has 0 heterocycles. The number of allylic oxidation sites excluding steroid dienone is 1. The summed E-state index contributed by atoms with van der Waals surface area (Å²) in [5, 5.41) is 4.08. The van der Waals surface area contributed by atoms with Crippen LogP contribution in [0.15, 0.2) is 60.7 Å². The molecule has 1 nitrogen and oxygen atoms in total. The summed E-state index contributed by atoms with van der Waals surface area (Å²) in [4.78, 5) is 0. The number of halogens is 1. The molecule has 0 aliphatic rings. The van der Waals surface area contributed by atoms with Crippen molar-refractivity contribution in [3.8, 4) is 12.3 Å². The largest absolute Gasteiger partial charge is 0.385 e. The van der Waals surface area contributed by atoms with Gasteiger partial charge in [-0.25, -0.2) is 0 Å². The maximum absolute atomic E-state index is 5.84. The van der Waals surface area contributed by atoms with E-state index in [2.05, 4.69) is 17.3 Å². The van der Waals surface area contributed by atoms with Crippen molar-refractivity contribution in [1.82, 2.24) is 0 Å². The lowest BCUT2D eigenvalue weighted by Crippen LogP contribution is -1.99. The molecule has 0 fully saturated rings. The summed E-state index contributed by atoms with van der Waals surface area (Å²) in [5.74, 6) is 2.74. The third-order valence-electron chi connectivity index (χ3n) is 2.91. The zero-order valence-electron chi connectivity index (χ0n) is 11.1. The highest BCUT2D eigenvalue weighted by Gasteiger charge is 1.96. The number of anilines is 1. The van der Waals surface area contributed by atoms with Gasteiger partial charge in [0, 0.05) is 22.8 Å². The molecule has 0 saturated heterocycles. The molecule has 2 rings (SSSR count). The Kier molecular flexibility index (Phi) is 5.29. The van der Waals surface area contributed by atoms with E-state index in [0.29, 0.717) is 0 Å². The summed E-state index contributed by atoms with van der Waals surface area (Å²) in [7, 11) is 0. The monoisotopic (exact) mass is 281 g/mol. The van der Waals surface area contributed by atoms with Crippen LogP contribution in [0.4, 0.5) is 5.69 Å². The van der Waals surface area contributed by atoms with E-state index in [9.17, 15) is 0 Å². The Morgan fingerprint density at radius 3 is 2.45 bits per heavy atom. The minimum atomic E-state index is 0.745. The van der Waals surface area contributed by atoms with Crippen molar-refractivity contribution < 1.29 is 0 Å². The summed E-state index contributed by atoms with van der Waals surface area (Å²) >= 11 is 5.84. The number of benzene rings is 2. The molecule has 0 unspecified atom stereocenters. The van der Waals surface area contributed by atoms with E-state index in [-0.39, 0.29) is 0 Å². The van der Waals surface area contributed by atoms with Gasteiger partial charge in [-0.15, -0.1) is 6.42 Å². The fourth-order valence-electron chi connectivity index (χ4n) is 1.88. The number of rotatable bonds is 5. The van der Waals surface area contributed by atoms with Crippen molar-refractivity contribution >= 4 is 22.9 Å². The molecule has 0 saturated carbocycles. The van der Waals surface area contributed by atoms with E-state index >= 15 is 0 Å². The van der Waals surface area contributed by atoms with Gasteiger partial charge in [0.25, 0.3) is 0 Å². The van der Waals surface area contributed by atoms with Crippen molar-refractivity contribution in [1.29, 1.82) is 0 Å². The zero-order chi connectivity index (χ0) is 14.2. The maximum atomic E-state index is 5.84. The average molecular weight is 282 g/mol. The standard InChI is InChI=1S/C18H16ClN/c1-2-15(16-7-4-3-5-8-16)9-6-14-20-18-12-10-17(19)11-13-18/h1,3-5,7-13,20H,6,14H2/b15-9+. The molecule has 1 N–H and O–H groups in total. The molecule has 0 bridgehead atoms. The minimum Gasteiger partial charge on any atom is -0.385 e. The van der Waals surface area contributed by atoms with Crippen LogP contribution in [0.3, 0.4) is 0 Å². The van der Waals surface area contributed by atoms with E-state index in [1.807, 2.05) is 54.6 Å². The van der Waals surface area contributed by atoms with Gasteiger partial charge in [0.1, 0.15) is 0 Å². The first-order chi connectivity index (χ1) is 9.79. The lowest BCUT2D eigenvalue weighted by atomic mass is 10.1. The van der Waals surface area contributed by atoms with Crippen molar-refractivity contribution in [2.75, 3.05) is 11.9 Å².